The van der Waals surface area contributed by atoms with E-state index in [2.05, 4.69) is 19.9 Å². The smallest absolute Gasteiger partial charge is 0.274 e. The summed E-state index contributed by atoms with van der Waals surface area (Å²) in [6.45, 7) is 7.30. The molecule has 0 N–H and O–H groups in total. The molecule has 0 aliphatic rings. The molecule has 0 bridgehead atoms. The summed E-state index contributed by atoms with van der Waals surface area (Å²) in [5, 5.41) is 0.0516. The van der Waals surface area contributed by atoms with Crippen LogP contribution in [0.25, 0.3) is 11.2 Å². The topological polar surface area (TPSA) is 108 Å². The Morgan fingerprint density at radius 1 is 1.07 bits per heavy atom. The van der Waals surface area contributed by atoms with Gasteiger partial charge in [-0.15, -0.1) is 0 Å². The van der Waals surface area contributed by atoms with Gasteiger partial charge in [0.2, 0.25) is 5.28 Å². The molecule has 0 aromatic carbocycles. The Bertz CT molecular complexity index is 1220. The summed E-state index contributed by atoms with van der Waals surface area (Å²) in [5.74, 6) is 0.0213. The Morgan fingerprint density at radius 3 is 2.38 bits per heavy atom. The van der Waals surface area contributed by atoms with Crippen LogP contribution in [-0.4, -0.2) is 38.7 Å². The highest BCUT2D eigenvalue weighted by Gasteiger charge is 2.22. The summed E-state index contributed by atoms with van der Waals surface area (Å²) in [5.41, 5.74) is 1.14. The number of fused-ring (bicyclic) bond motifs is 1. The van der Waals surface area contributed by atoms with Crippen molar-refractivity contribution < 1.29 is 8.42 Å². The van der Waals surface area contributed by atoms with E-state index in [-0.39, 0.29) is 21.5 Å². The minimum atomic E-state index is -3.29. The molecule has 154 valence electrons. The summed E-state index contributed by atoms with van der Waals surface area (Å²) < 4.78 is 25.4. The summed E-state index contributed by atoms with van der Waals surface area (Å²) in [4.78, 5) is 30.1. The first kappa shape index (κ1) is 21.3. The van der Waals surface area contributed by atoms with Crippen molar-refractivity contribution in [2.75, 3.05) is 5.75 Å². The van der Waals surface area contributed by atoms with E-state index in [0.29, 0.717) is 35.4 Å². The van der Waals surface area contributed by atoms with Crippen molar-refractivity contribution in [3.63, 3.8) is 0 Å². The van der Waals surface area contributed by atoms with E-state index in [0.717, 1.165) is 0 Å². The second-order valence-corrected chi connectivity index (χ2v) is 10.2. The molecule has 0 saturated heterocycles. The van der Waals surface area contributed by atoms with Gasteiger partial charge in [0.05, 0.1) is 16.8 Å². The van der Waals surface area contributed by atoms with Crippen molar-refractivity contribution in [2.24, 2.45) is 0 Å². The summed E-state index contributed by atoms with van der Waals surface area (Å²) >= 11 is 5.91. The number of aryl methyl sites for hydroxylation is 2. The first-order chi connectivity index (χ1) is 13.5. The second kappa shape index (κ2) is 7.79. The molecule has 3 rings (SSSR count). The quantitative estimate of drug-likeness (QED) is 0.566. The van der Waals surface area contributed by atoms with Crippen LogP contribution in [0, 0.1) is 0 Å². The molecule has 0 unspecified atom stereocenters. The molecule has 0 radical (unpaired) electrons. The maximum Gasteiger partial charge on any atom is 0.274 e. The third kappa shape index (κ3) is 4.45. The predicted molar refractivity (Wildman–Crippen MR) is 111 cm³/mol. The van der Waals surface area contributed by atoms with Crippen LogP contribution in [0.2, 0.25) is 5.28 Å². The maximum atomic E-state index is 13.1. The first-order valence-electron chi connectivity index (χ1n) is 9.15. The van der Waals surface area contributed by atoms with Gasteiger partial charge in [0, 0.05) is 23.9 Å². The van der Waals surface area contributed by atoms with Crippen LogP contribution < -0.4 is 5.56 Å². The monoisotopic (exact) mass is 435 g/mol. The lowest BCUT2D eigenvalue weighted by Gasteiger charge is -2.24. The Labute approximate surface area is 173 Å². The van der Waals surface area contributed by atoms with Gasteiger partial charge in [0.15, 0.2) is 15.5 Å². The molecule has 0 saturated carbocycles. The number of hydrogen-bond donors (Lipinski definition) is 0. The molecule has 10 heteroatoms. The van der Waals surface area contributed by atoms with Gasteiger partial charge in [-0.3, -0.25) is 14.3 Å². The van der Waals surface area contributed by atoms with Gasteiger partial charge in [-0.25, -0.2) is 18.4 Å². The highest BCUT2D eigenvalue weighted by Crippen LogP contribution is 2.19. The molecule has 0 aliphatic heterocycles. The number of sulfone groups is 1. The second-order valence-electron chi connectivity index (χ2n) is 7.61. The van der Waals surface area contributed by atoms with Crippen LogP contribution in [0.5, 0.6) is 0 Å². The lowest BCUT2D eigenvalue weighted by molar-refractivity contribution is 0.392. The van der Waals surface area contributed by atoms with Gasteiger partial charge >= 0.3 is 0 Å². The van der Waals surface area contributed by atoms with E-state index in [1.165, 1.54) is 18.5 Å². The minimum Gasteiger partial charge on any atom is -0.284 e. The van der Waals surface area contributed by atoms with Gasteiger partial charge < -0.3 is 0 Å². The Kier molecular flexibility index (Phi) is 5.73. The molecule has 3 aromatic rings. The zero-order valence-corrected chi connectivity index (χ0v) is 18.3. The van der Waals surface area contributed by atoms with Crippen LogP contribution >= 0.6 is 11.6 Å². The van der Waals surface area contributed by atoms with Crippen LogP contribution in [0.3, 0.4) is 0 Å². The van der Waals surface area contributed by atoms with Gasteiger partial charge in [0.25, 0.3) is 5.56 Å². The van der Waals surface area contributed by atoms with E-state index in [1.807, 2.05) is 20.8 Å². The standard InChI is InChI=1S/C19H22ClN5O3S/c1-5-29(27,28)13-8-6-12(21-10-13)7-9-14-17(26)25(19(2,3)4)16-15(23-14)11-22-18(20)24-16/h6,8,10-11H,5,7,9H2,1-4H3. The van der Waals surface area contributed by atoms with Crippen molar-refractivity contribution in [1.82, 2.24) is 24.5 Å². The van der Waals surface area contributed by atoms with E-state index in [9.17, 15) is 13.2 Å². The fourth-order valence-corrected chi connectivity index (χ4v) is 3.90. The molecule has 0 aliphatic carbocycles. The fourth-order valence-electron chi connectivity index (χ4n) is 2.95. The van der Waals surface area contributed by atoms with E-state index >= 15 is 0 Å². The van der Waals surface area contributed by atoms with Crippen molar-refractivity contribution >= 4 is 32.6 Å². The normalized spacial score (nSPS) is 12.4. The van der Waals surface area contributed by atoms with Crippen molar-refractivity contribution in [1.29, 1.82) is 0 Å². The number of aromatic nitrogens is 5. The molecule has 0 spiro atoms. The molecular formula is C19H22ClN5O3S. The van der Waals surface area contributed by atoms with Gasteiger partial charge in [-0.2, -0.15) is 4.98 Å². The molecule has 3 aromatic heterocycles. The molecular weight excluding hydrogens is 414 g/mol. The number of halogens is 1. The number of rotatable bonds is 5. The lowest BCUT2D eigenvalue weighted by Crippen LogP contribution is -2.37. The lowest BCUT2D eigenvalue weighted by atomic mass is 10.1. The Hall–Kier alpha value is -2.39. The van der Waals surface area contributed by atoms with Gasteiger partial charge in [-0.1, -0.05) is 6.92 Å². The summed E-state index contributed by atoms with van der Waals surface area (Å²) in [6, 6.07) is 3.20. The van der Waals surface area contributed by atoms with E-state index in [4.69, 9.17) is 11.6 Å². The molecule has 0 amide bonds. The van der Waals surface area contributed by atoms with Gasteiger partial charge in [-0.05, 0) is 50.9 Å². The molecule has 3 heterocycles. The highest BCUT2D eigenvalue weighted by molar-refractivity contribution is 7.91. The SMILES string of the molecule is CCS(=O)(=O)c1ccc(CCc2nc3cnc(Cl)nc3n(C(C)(C)C)c2=O)nc1. The number of pyridine rings is 1. The minimum absolute atomic E-state index is 0.0213. The largest absolute Gasteiger partial charge is 0.284 e. The zero-order valence-electron chi connectivity index (χ0n) is 16.7. The third-order valence-electron chi connectivity index (χ3n) is 4.46. The van der Waals surface area contributed by atoms with Crippen molar-refractivity contribution in [3.05, 3.63) is 51.6 Å². The highest BCUT2D eigenvalue weighted by atomic mass is 35.5. The number of hydrogen-bond acceptors (Lipinski definition) is 7. The molecule has 8 nitrogen and oxygen atoms in total. The van der Waals surface area contributed by atoms with Gasteiger partial charge in [0.1, 0.15) is 11.2 Å². The van der Waals surface area contributed by atoms with Crippen LogP contribution in [0.15, 0.2) is 34.2 Å². The average molecular weight is 436 g/mol. The summed E-state index contributed by atoms with van der Waals surface area (Å²) in [6.07, 6.45) is 3.64. The molecule has 0 fully saturated rings. The van der Waals surface area contributed by atoms with Crippen molar-refractivity contribution in [2.45, 2.75) is 51.0 Å². The van der Waals surface area contributed by atoms with E-state index < -0.39 is 15.4 Å². The van der Waals surface area contributed by atoms with Crippen molar-refractivity contribution in [3.8, 4) is 0 Å². The zero-order chi connectivity index (χ0) is 21.4. The van der Waals surface area contributed by atoms with Crippen LogP contribution in [0.4, 0.5) is 0 Å². The summed E-state index contributed by atoms with van der Waals surface area (Å²) in [7, 11) is -3.29. The van der Waals surface area contributed by atoms with E-state index in [1.54, 1.807) is 17.6 Å². The molecule has 29 heavy (non-hydrogen) atoms. The number of nitrogens with zero attached hydrogens (tertiary/aromatic N) is 5. The molecule has 0 atom stereocenters. The third-order valence-corrected chi connectivity index (χ3v) is 6.37. The Balaban J connectivity index is 1.96. The maximum absolute atomic E-state index is 13.1. The van der Waals surface area contributed by atoms with Crippen LogP contribution in [-0.2, 0) is 28.2 Å². The Morgan fingerprint density at radius 2 is 1.79 bits per heavy atom. The predicted octanol–water partition coefficient (Wildman–Crippen LogP) is 2.57. The average Bonchev–Trinajstić information content (AvgIpc) is 2.65. The fraction of sp³-hybridized carbons (Fsp3) is 0.421. The first-order valence-corrected chi connectivity index (χ1v) is 11.2. The van der Waals surface area contributed by atoms with Crippen LogP contribution in [0.1, 0.15) is 39.1 Å².